The molecule has 0 bridgehead atoms. The number of amides is 1. The summed E-state index contributed by atoms with van der Waals surface area (Å²) in [6, 6.07) is 11.5. The van der Waals surface area contributed by atoms with Crippen LogP contribution in [-0.2, 0) is 11.8 Å². The van der Waals surface area contributed by atoms with Gasteiger partial charge in [-0.3, -0.25) is 4.79 Å². The van der Waals surface area contributed by atoms with Crippen LogP contribution in [0.2, 0.25) is 0 Å². The molecule has 2 heterocycles. The molecule has 1 unspecified atom stereocenters. The molecule has 0 aliphatic rings. The Hall–Kier alpha value is -3.08. The number of benzene rings is 1. The van der Waals surface area contributed by atoms with Gasteiger partial charge in [0.05, 0.1) is 6.04 Å². The van der Waals surface area contributed by atoms with E-state index in [4.69, 9.17) is 5.73 Å². The first-order valence-electron chi connectivity index (χ1n) is 8.12. The third-order valence-corrected chi connectivity index (χ3v) is 4.67. The Kier molecular flexibility index (Phi) is 4.31. The summed E-state index contributed by atoms with van der Waals surface area (Å²) in [5.74, 6) is 0.286. The molecule has 5 heteroatoms. The highest BCUT2D eigenvalue weighted by atomic mass is 16.2. The molecule has 1 amide bonds. The van der Waals surface area contributed by atoms with Gasteiger partial charge in [-0.25, -0.2) is 4.98 Å². The van der Waals surface area contributed by atoms with Crippen molar-refractivity contribution in [2.75, 3.05) is 12.8 Å². The van der Waals surface area contributed by atoms with Crippen LogP contribution in [0.4, 0.5) is 5.82 Å². The van der Waals surface area contributed by atoms with E-state index in [1.165, 1.54) is 0 Å². The van der Waals surface area contributed by atoms with E-state index in [9.17, 15) is 4.79 Å². The molecule has 128 valence electrons. The predicted molar refractivity (Wildman–Crippen MR) is 102 cm³/mol. The Morgan fingerprint density at radius 2 is 2.00 bits per heavy atom. The maximum Gasteiger partial charge on any atom is 0.254 e. The molecule has 0 saturated heterocycles. The molecule has 3 rings (SSSR count). The number of pyridine rings is 1. The molecule has 0 saturated carbocycles. The molecule has 1 aromatic carbocycles. The third kappa shape index (κ3) is 3.01. The summed E-state index contributed by atoms with van der Waals surface area (Å²) in [6.45, 7) is 5.96. The van der Waals surface area contributed by atoms with Crippen LogP contribution in [-0.4, -0.2) is 27.4 Å². The lowest BCUT2D eigenvalue weighted by atomic mass is 10.0. The fourth-order valence-corrected chi connectivity index (χ4v) is 3.01. The number of aryl methyl sites for hydroxylation is 1. The van der Waals surface area contributed by atoms with Gasteiger partial charge >= 0.3 is 0 Å². The number of hydrogen-bond acceptors (Lipinski definition) is 3. The number of aromatic nitrogens is 2. The molecule has 0 radical (unpaired) electrons. The van der Waals surface area contributed by atoms with Crippen molar-refractivity contribution in [1.82, 2.24) is 14.5 Å². The summed E-state index contributed by atoms with van der Waals surface area (Å²) in [7, 11) is 3.81. The molecule has 0 aliphatic carbocycles. The predicted octanol–water partition coefficient (Wildman–Crippen LogP) is 3.39. The van der Waals surface area contributed by atoms with Crippen molar-refractivity contribution in [3.63, 3.8) is 0 Å². The number of para-hydroxylation sites is 1. The molecule has 0 spiro atoms. The van der Waals surface area contributed by atoms with E-state index in [2.05, 4.69) is 34.5 Å². The number of carbonyl (C=O) groups is 1. The summed E-state index contributed by atoms with van der Waals surface area (Å²) in [5.41, 5.74) is 8.94. The van der Waals surface area contributed by atoms with E-state index < -0.39 is 0 Å². The lowest BCUT2D eigenvalue weighted by molar-refractivity contribution is -0.125. The zero-order valence-corrected chi connectivity index (χ0v) is 14.7. The number of likely N-dealkylation sites (N-methyl/N-ethyl adjacent to an activating group) is 1. The number of rotatable bonds is 4. The van der Waals surface area contributed by atoms with Crippen molar-refractivity contribution in [3.8, 4) is 0 Å². The highest BCUT2D eigenvalue weighted by Gasteiger charge is 2.23. The lowest BCUT2D eigenvalue weighted by Gasteiger charge is -2.25. The van der Waals surface area contributed by atoms with Crippen LogP contribution >= 0.6 is 0 Å². The Morgan fingerprint density at radius 1 is 1.28 bits per heavy atom. The van der Waals surface area contributed by atoms with Gasteiger partial charge < -0.3 is 15.2 Å². The first kappa shape index (κ1) is 16.8. The van der Waals surface area contributed by atoms with Crippen molar-refractivity contribution in [1.29, 1.82) is 0 Å². The zero-order chi connectivity index (χ0) is 18.1. The molecule has 3 aromatic rings. The summed E-state index contributed by atoms with van der Waals surface area (Å²) < 4.78 is 2.08. The highest BCUT2D eigenvalue weighted by Crippen LogP contribution is 2.30. The van der Waals surface area contributed by atoms with Crippen molar-refractivity contribution >= 4 is 28.2 Å². The maximum absolute atomic E-state index is 12.8. The standard InChI is InChI=1S/C20H22N4O/c1-13(15-9-10-19(21)22-11-15)20(25)24(4)14(2)17-12-23(3)18-8-6-5-7-16(17)18/h5-12,14H,1H2,2-4H3,(H2,21,22). The topological polar surface area (TPSA) is 64.2 Å². The lowest BCUT2D eigenvalue weighted by Crippen LogP contribution is -2.30. The highest BCUT2D eigenvalue weighted by molar-refractivity contribution is 6.18. The molecule has 0 fully saturated rings. The van der Waals surface area contributed by atoms with Crippen LogP contribution in [0.5, 0.6) is 0 Å². The SMILES string of the molecule is C=C(C(=O)N(C)C(C)c1cn(C)c2ccccc12)c1ccc(N)nc1. The number of hydrogen-bond donors (Lipinski definition) is 1. The van der Waals surface area contributed by atoms with Crippen LogP contribution in [0, 0.1) is 0 Å². The molecular formula is C20H22N4O. The minimum absolute atomic E-state index is 0.0860. The third-order valence-electron chi connectivity index (χ3n) is 4.67. The molecule has 0 aliphatic heterocycles. The zero-order valence-electron chi connectivity index (χ0n) is 14.7. The van der Waals surface area contributed by atoms with Crippen LogP contribution in [0.25, 0.3) is 16.5 Å². The molecular weight excluding hydrogens is 312 g/mol. The van der Waals surface area contributed by atoms with Crippen molar-refractivity contribution in [2.45, 2.75) is 13.0 Å². The van der Waals surface area contributed by atoms with E-state index in [1.807, 2.05) is 26.1 Å². The second-order valence-corrected chi connectivity index (χ2v) is 6.25. The number of nitrogens with two attached hydrogens (primary N) is 1. The fraction of sp³-hybridized carbons (Fsp3) is 0.200. The Labute approximate surface area is 147 Å². The number of anilines is 1. The second-order valence-electron chi connectivity index (χ2n) is 6.25. The van der Waals surface area contributed by atoms with Crippen molar-refractivity contribution in [2.24, 2.45) is 7.05 Å². The fourth-order valence-electron chi connectivity index (χ4n) is 3.01. The van der Waals surface area contributed by atoms with Gasteiger partial charge in [-0.15, -0.1) is 0 Å². The van der Waals surface area contributed by atoms with Gasteiger partial charge in [0.2, 0.25) is 0 Å². The number of nitrogen functional groups attached to an aromatic ring is 1. The largest absolute Gasteiger partial charge is 0.384 e. The van der Waals surface area contributed by atoms with E-state index in [0.29, 0.717) is 17.0 Å². The van der Waals surface area contributed by atoms with Crippen LogP contribution in [0.15, 0.2) is 55.4 Å². The normalized spacial score (nSPS) is 12.1. The van der Waals surface area contributed by atoms with Gasteiger partial charge in [0.25, 0.3) is 5.91 Å². The molecule has 5 nitrogen and oxygen atoms in total. The molecule has 2 N–H and O–H groups in total. The van der Waals surface area contributed by atoms with Gasteiger partial charge in [0, 0.05) is 48.5 Å². The molecule has 1 atom stereocenters. The monoisotopic (exact) mass is 334 g/mol. The van der Waals surface area contributed by atoms with Crippen LogP contribution < -0.4 is 5.73 Å². The van der Waals surface area contributed by atoms with Gasteiger partial charge in [0.15, 0.2) is 0 Å². The summed E-state index contributed by atoms with van der Waals surface area (Å²) >= 11 is 0. The average molecular weight is 334 g/mol. The Morgan fingerprint density at radius 3 is 2.68 bits per heavy atom. The summed E-state index contributed by atoms with van der Waals surface area (Å²) in [5, 5.41) is 1.15. The Bertz CT molecular complexity index is 940. The molecule has 2 aromatic heterocycles. The van der Waals surface area contributed by atoms with E-state index in [0.717, 1.165) is 16.5 Å². The van der Waals surface area contributed by atoms with Crippen LogP contribution in [0.3, 0.4) is 0 Å². The van der Waals surface area contributed by atoms with Gasteiger partial charge in [-0.05, 0) is 30.7 Å². The minimum atomic E-state index is -0.132. The first-order valence-corrected chi connectivity index (χ1v) is 8.12. The number of fused-ring (bicyclic) bond motifs is 1. The summed E-state index contributed by atoms with van der Waals surface area (Å²) in [6.07, 6.45) is 3.65. The molecule has 25 heavy (non-hydrogen) atoms. The van der Waals surface area contributed by atoms with Crippen molar-refractivity contribution in [3.05, 3.63) is 66.5 Å². The van der Waals surface area contributed by atoms with Gasteiger partial charge in [0.1, 0.15) is 5.82 Å². The maximum atomic E-state index is 12.8. The van der Waals surface area contributed by atoms with Gasteiger partial charge in [-0.1, -0.05) is 24.8 Å². The minimum Gasteiger partial charge on any atom is -0.384 e. The number of carbonyl (C=O) groups excluding carboxylic acids is 1. The van der Waals surface area contributed by atoms with E-state index in [-0.39, 0.29) is 11.9 Å². The second kappa shape index (κ2) is 6.43. The average Bonchev–Trinajstić information content (AvgIpc) is 2.97. The van der Waals surface area contributed by atoms with E-state index >= 15 is 0 Å². The van der Waals surface area contributed by atoms with Crippen molar-refractivity contribution < 1.29 is 4.79 Å². The quantitative estimate of drug-likeness (QED) is 0.744. The number of nitrogens with zero attached hydrogens (tertiary/aromatic N) is 3. The summed E-state index contributed by atoms with van der Waals surface area (Å²) in [4.78, 5) is 18.6. The Balaban J connectivity index is 1.88. The van der Waals surface area contributed by atoms with Gasteiger partial charge in [-0.2, -0.15) is 0 Å². The smallest absolute Gasteiger partial charge is 0.254 e. The van der Waals surface area contributed by atoms with E-state index in [1.54, 1.807) is 30.3 Å². The van der Waals surface area contributed by atoms with Crippen LogP contribution in [0.1, 0.15) is 24.1 Å². The first-order chi connectivity index (χ1) is 11.9.